The highest BCUT2D eigenvalue weighted by Gasteiger charge is 2.21. The van der Waals surface area contributed by atoms with Gasteiger partial charge in [-0.3, -0.25) is 14.4 Å². The number of hydrogen-bond donors (Lipinski definition) is 1. The predicted octanol–water partition coefficient (Wildman–Crippen LogP) is 0.929. The highest BCUT2D eigenvalue weighted by atomic mass is 32.2. The predicted molar refractivity (Wildman–Crippen MR) is 76.2 cm³/mol. The van der Waals surface area contributed by atoms with Gasteiger partial charge in [0.25, 0.3) is 0 Å². The molecule has 0 rings (SSSR count). The van der Waals surface area contributed by atoms with Gasteiger partial charge in [-0.1, -0.05) is 32.5 Å². The smallest absolute Gasteiger partial charge is 0.375 e. The Hall–Kier alpha value is -1.37. The Morgan fingerprint density at radius 3 is 2.25 bits per heavy atom. The molecule has 0 radical (unpaired) electrons. The molecule has 6 nitrogen and oxygen atoms in total. The number of esters is 1. The third kappa shape index (κ3) is 7.93. The number of nitrogens with one attached hydrogen (secondary N) is 1. The van der Waals surface area contributed by atoms with E-state index in [4.69, 9.17) is 0 Å². The molecule has 1 N–H and O–H groups in total. The molecule has 0 heterocycles. The fourth-order valence-corrected chi connectivity index (χ4v) is 2.00. The van der Waals surface area contributed by atoms with Crippen LogP contribution in [0.1, 0.15) is 34.1 Å². The first-order valence-electron chi connectivity index (χ1n) is 6.45. The number of rotatable bonds is 8. The number of ether oxygens (including phenoxy) is 1. The molecule has 7 heteroatoms. The number of ketones is 1. The van der Waals surface area contributed by atoms with E-state index in [1.54, 1.807) is 27.7 Å². The zero-order chi connectivity index (χ0) is 15.7. The Balaban J connectivity index is 4.05. The van der Waals surface area contributed by atoms with E-state index >= 15 is 0 Å². The topological polar surface area (TPSA) is 89.5 Å². The normalized spacial score (nSPS) is 11.8. The molecular weight excluding hydrogens is 282 g/mol. The van der Waals surface area contributed by atoms with Gasteiger partial charge in [0.15, 0.2) is 5.12 Å². The van der Waals surface area contributed by atoms with Crippen LogP contribution in [0.15, 0.2) is 0 Å². The Labute approximate surface area is 123 Å². The molecule has 0 saturated carbocycles. The van der Waals surface area contributed by atoms with E-state index in [0.29, 0.717) is 6.54 Å². The van der Waals surface area contributed by atoms with Crippen LogP contribution in [0.3, 0.4) is 0 Å². The summed E-state index contributed by atoms with van der Waals surface area (Å²) in [6.07, 6.45) is -0.480. The zero-order valence-electron chi connectivity index (χ0n) is 12.2. The van der Waals surface area contributed by atoms with E-state index in [1.807, 2.05) is 0 Å². The second-order valence-electron chi connectivity index (χ2n) is 4.52. The summed E-state index contributed by atoms with van der Waals surface area (Å²) in [5.41, 5.74) is 0. The molecule has 0 aromatic heterocycles. The summed E-state index contributed by atoms with van der Waals surface area (Å²) in [6, 6.07) is 0. The molecule has 0 aliphatic rings. The number of carbonyl (C=O) groups is 4. The maximum atomic E-state index is 11.6. The van der Waals surface area contributed by atoms with Gasteiger partial charge in [0.05, 0.1) is 13.0 Å². The van der Waals surface area contributed by atoms with Crippen LogP contribution in [0.2, 0.25) is 0 Å². The lowest BCUT2D eigenvalue weighted by Gasteiger charge is -2.12. The van der Waals surface area contributed by atoms with Crippen molar-refractivity contribution in [3.63, 3.8) is 0 Å². The van der Waals surface area contributed by atoms with Gasteiger partial charge in [-0.2, -0.15) is 0 Å². The van der Waals surface area contributed by atoms with Crippen molar-refractivity contribution < 1.29 is 23.9 Å². The number of amides is 1. The summed E-state index contributed by atoms with van der Waals surface area (Å²) in [5.74, 6) is -2.04. The lowest BCUT2D eigenvalue weighted by atomic mass is 10.2. The van der Waals surface area contributed by atoms with Gasteiger partial charge >= 0.3 is 5.97 Å². The Kier molecular flexibility index (Phi) is 8.87. The van der Waals surface area contributed by atoms with Gasteiger partial charge < -0.3 is 10.1 Å². The third-order valence-corrected chi connectivity index (χ3v) is 3.21. The number of Topliss-reactive ketones (excluding diaryl/α,β-unsaturated/α-hetero) is 1. The monoisotopic (exact) mass is 303 g/mol. The molecule has 0 bridgehead atoms. The second kappa shape index (κ2) is 9.52. The summed E-state index contributed by atoms with van der Waals surface area (Å²) in [4.78, 5) is 45.3. The van der Waals surface area contributed by atoms with Crippen molar-refractivity contribution in [3.8, 4) is 0 Å². The minimum Gasteiger partial charge on any atom is -0.460 e. The van der Waals surface area contributed by atoms with Gasteiger partial charge in [-0.25, -0.2) is 4.79 Å². The molecule has 20 heavy (non-hydrogen) atoms. The summed E-state index contributed by atoms with van der Waals surface area (Å²) >= 11 is 0.935. The van der Waals surface area contributed by atoms with Crippen molar-refractivity contribution >= 4 is 34.5 Å². The van der Waals surface area contributed by atoms with Gasteiger partial charge in [0.1, 0.15) is 0 Å². The van der Waals surface area contributed by atoms with Gasteiger partial charge in [0, 0.05) is 17.7 Å². The van der Waals surface area contributed by atoms with Crippen molar-refractivity contribution in [3.05, 3.63) is 0 Å². The molecule has 0 aromatic rings. The molecular formula is C13H21NO5S. The van der Waals surface area contributed by atoms with Crippen LogP contribution in [0.5, 0.6) is 0 Å². The van der Waals surface area contributed by atoms with Crippen molar-refractivity contribution in [1.29, 1.82) is 0 Å². The van der Waals surface area contributed by atoms with Gasteiger partial charge in [-0.05, 0) is 6.92 Å². The quantitative estimate of drug-likeness (QED) is 0.407. The fourth-order valence-electron chi connectivity index (χ4n) is 1.17. The van der Waals surface area contributed by atoms with E-state index in [0.717, 1.165) is 11.8 Å². The first-order valence-corrected chi connectivity index (χ1v) is 7.33. The van der Waals surface area contributed by atoms with Crippen molar-refractivity contribution in [2.45, 2.75) is 39.4 Å². The van der Waals surface area contributed by atoms with E-state index in [1.165, 1.54) is 0 Å². The Bertz CT molecular complexity index is 381. The number of thioether (sulfide) groups is 1. The summed E-state index contributed by atoms with van der Waals surface area (Å²) in [7, 11) is 0. The SMILES string of the molecule is CCOC(=O)C(=O)CC(=O)SC(C)CNC(=O)C(C)C. The Morgan fingerprint density at radius 1 is 1.15 bits per heavy atom. The second-order valence-corrected chi connectivity index (χ2v) is 6.02. The van der Waals surface area contributed by atoms with Crippen LogP contribution in [0, 0.1) is 5.92 Å². The lowest BCUT2D eigenvalue weighted by molar-refractivity contribution is -0.154. The van der Waals surface area contributed by atoms with Crippen LogP contribution < -0.4 is 5.32 Å². The Morgan fingerprint density at radius 2 is 1.75 bits per heavy atom. The molecule has 0 fully saturated rings. The molecule has 0 aromatic carbocycles. The first kappa shape index (κ1) is 18.6. The zero-order valence-corrected chi connectivity index (χ0v) is 13.0. The van der Waals surface area contributed by atoms with Crippen LogP contribution in [0.4, 0.5) is 0 Å². The maximum Gasteiger partial charge on any atom is 0.375 e. The molecule has 0 aliphatic heterocycles. The fraction of sp³-hybridized carbons (Fsp3) is 0.692. The number of carbonyl (C=O) groups excluding carboxylic acids is 4. The largest absolute Gasteiger partial charge is 0.460 e. The van der Waals surface area contributed by atoms with E-state index < -0.39 is 23.3 Å². The average molecular weight is 303 g/mol. The summed E-state index contributed by atoms with van der Waals surface area (Å²) < 4.78 is 4.51. The lowest BCUT2D eigenvalue weighted by Crippen LogP contribution is -2.33. The minimum atomic E-state index is -0.984. The van der Waals surface area contributed by atoms with E-state index in [9.17, 15) is 19.2 Å². The molecule has 1 amide bonds. The highest BCUT2D eigenvalue weighted by molar-refractivity contribution is 8.14. The standard InChI is InChI=1S/C13H21NO5S/c1-5-19-13(18)10(15)6-11(16)20-9(4)7-14-12(17)8(2)3/h8-9H,5-7H2,1-4H3,(H,14,17). The minimum absolute atomic E-state index is 0.0903. The molecule has 114 valence electrons. The molecule has 0 saturated heterocycles. The maximum absolute atomic E-state index is 11.6. The first-order chi connectivity index (χ1) is 9.27. The van der Waals surface area contributed by atoms with Crippen molar-refractivity contribution in [2.75, 3.05) is 13.2 Å². The number of hydrogen-bond acceptors (Lipinski definition) is 6. The van der Waals surface area contributed by atoms with Crippen molar-refractivity contribution in [1.82, 2.24) is 5.32 Å². The average Bonchev–Trinajstić information content (AvgIpc) is 2.35. The highest BCUT2D eigenvalue weighted by Crippen LogP contribution is 2.13. The molecule has 0 spiro atoms. The van der Waals surface area contributed by atoms with Crippen LogP contribution in [-0.2, 0) is 23.9 Å². The van der Waals surface area contributed by atoms with Crippen LogP contribution >= 0.6 is 11.8 Å². The van der Waals surface area contributed by atoms with Crippen LogP contribution in [-0.4, -0.2) is 41.2 Å². The van der Waals surface area contributed by atoms with E-state index in [2.05, 4.69) is 10.1 Å². The molecule has 0 aliphatic carbocycles. The third-order valence-electron chi connectivity index (χ3n) is 2.23. The van der Waals surface area contributed by atoms with Crippen LogP contribution in [0.25, 0.3) is 0 Å². The van der Waals surface area contributed by atoms with E-state index in [-0.39, 0.29) is 23.7 Å². The van der Waals surface area contributed by atoms with Gasteiger partial charge in [-0.15, -0.1) is 0 Å². The summed E-state index contributed by atoms with van der Waals surface area (Å²) in [6.45, 7) is 7.33. The molecule has 1 unspecified atom stereocenters. The summed E-state index contributed by atoms with van der Waals surface area (Å²) in [5, 5.41) is 2.12. The van der Waals surface area contributed by atoms with Crippen molar-refractivity contribution in [2.24, 2.45) is 5.92 Å². The van der Waals surface area contributed by atoms with Gasteiger partial charge in [0.2, 0.25) is 11.7 Å². The molecule has 1 atom stereocenters.